The van der Waals surface area contributed by atoms with Crippen LogP contribution in [-0.4, -0.2) is 19.9 Å². The fourth-order valence-electron chi connectivity index (χ4n) is 0.875. The van der Waals surface area contributed by atoms with Gasteiger partial charge >= 0.3 is 0 Å². The average molecular weight is 193 g/mol. The standard InChI is InChI=1S/C8H5ClN4/c9-7-1-2-12-8(13-7)6-5-10-3-4-11-6/h1-5H. The first-order valence-corrected chi connectivity index (χ1v) is 3.99. The van der Waals surface area contributed by atoms with E-state index >= 15 is 0 Å². The Hall–Kier alpha value is -1.55. The number of hydrogen-bond donors (Lipinski definition) is 0. The van der Waals surface area contributed by atoms with E-state index in [0.717, 1.165) is 0 Å². The molecule has 0 bridgehead atoms. The van der Waals surface area contributed by atoms with Crippen molar-refractivity contribution in [1.29, 1.82) is 0 Å². The van der Waals surface area contributed by atoms with E-state index in [9.17, 15) is 0 Å². The lowest BCUT2D eigenvalue weighted by molar-refractivity contribution is 1.11. The number of nitrogens with zero attached hydrogens (tertiary/aromatic N) is 4. The third-order valence-corrected chi connectivity index (χ3v) is 1.62. The van der Waals surface area contributed by atoms with Gasteiger partial charge in [0, 0.05) is 18.6 Å². The highest BCUT2D eigenvalue weighted by Crippen LogP contribution is 2.11. The maximum absolute atomic E-state index is 5.70. The lowest BCUT2D eigenvalue weighted by atomic mass is 10.4. The van der Waals surface area contributed by atoms with Crippen LogP contribution in [0.4, 0.5) is 0 Å². The first-order valence-electron chi connectivity index (χ1n) is 3.61. The summed E-state index contributed by atoms with van der Waals surface area (Å²) in [5, 5.41) is 0.399. The summed E-state index contributed by atoms with van der Waals surface area (Å²) >= 11 is 5.70. The molecule has 0 amide bonds. The van der Waals surface area contributed by atoms with Gasteiger partial charge in [0.1, 0.15) is 10.8 Å². The van der Waals surface area contributed by atoms with E-state index in [-0.39, 0.29) is 0 Å². The molecule has 0 aliphatic rings. The highest BCUT2D eigenvalue weighted by Gasteiger charge is 2.01. The zero-order valence-corrected chi connectivity index (χ0v) is 7.31. The summed E-state index contributed by atoms with van der Waals surface area (Å²) in [6, 6.07) is 1.61. The maximum Gasteiger partial charge on any atom is 0.181 e. The van der Waals surface area contributed by atoms with Crippen molar-refractivity contribution < 1.29 is 0 Å². The van der Waals surface area contributed by atoms with Gasteiger partial charge in [-0.3, -0.25) is 4.98 Å². The second kappa shape index (κ2) is 3.45. The van der Waals surface area contributed by atoms with Crippen LogP contribution in [0.5, 0.6) is 0 Å². The summed E-state index contributed by atoms with van der Waals surface area (Å²) in [5.74, 6) is 0.487. The van der Waals surface area contributed by atoms with Gasteiger partial charge in [-0.2, -0.15) is 0 Å². The van der Waals surface area contributed by atoms with Crippen molar-refractivity contribution >= 4 is 11.6 Å². The Morgan fingerprint density at radius 1 is 1.08 bits per heavy atom. The van der Waals surface area contributed by atoms with Crippen LogP contribution < -0.4 is 0 Å². The molecule has 13 heavy (non-hydrogen) atoms. The number of aromatic nitrogens is 4. The minimum Gasteiger partial charge on any atom is -0.261 e. The third kappa shape index (κ3) is 1.78. The molecule has 0 fully saturated rings. The van der Waals surface area contributed by atoms with Crippen molar-refractivity contribution in [2.45, 2.75) is 0 Å². The number of halogens is 1. The zero-order chi connectivity index (χ0) is 9.10. The molecule has 0 aromatic carbocycles. The van der Waals surface area contributed by atoms with Crippen LogP contribution in [0.1, 0.15) is 0 Å². The molecule has 4 nitrogen and oxygen atoms in total. The predicted molar refractivity (Wildman–Crippen MR) is 48.1 cm³/mol. The molecule has 0 unspecified atom stereocenters. The van der Waals surface area contributed by atoms with Crippen LogP contribution in [0.2, 0.25) is 5.15 Å². The largest absolute Gasteiger partial charge is 0.261 e. The van der Waals surface area contributed by atoms with Gasteiger partial charge in [-0.15, -0.1) is 0 Å². The Morgan fingerprint density at radius 3 is 2.69 bits per heavy atom. The van der Waals surface area contributed by atoms with Crippen molar-refractivity contribution in [2.75, 3.05) is 0 Å². The number of hydrogen-bond acceptors (Lipinski definition) is 4. The van der Waals surface area contributed by atoms with E-state index in [1.54, 1.807) is 30.9 Å². The zero-order valence-electron chi connectivity index (χ0n) is 6.55. The second-order valence-electron chi connectivity index (χ2n) is 2.29. The van der Waals surface area contributed by atoms with Gasteiger partial charge in [0.15, 0.2) is 5.82 Å². The van der Waals surface area contributed by atoms with Crippen LogP contribution in [0.25, 0.3) is 11.5 Å². The molecule has 0 saturated heterocycles. The summed E-state index contributed by atoms with van der Waals surface area (Å²) in [4.78, 5) is 16.0. The van der Waals surface area contributed by atoms with E-state index < -0.39 is 0 Å². The fraction of sp³-hybridized carbons (Fsp3) is 0. The average Bonchev–Trinajstić information content (AvgIpc) is 2.19. The number of rotatable bonds is 1. The maximum atomic E-state index is 5.70. The van der Waals surface area contributed by atoms with Crippen molar-refractivity contribution in [1.82, 2.24) is 19.9 Å². The van der Waals surface area contributed by atoms with E-state index in [2.05, 4.69) is 19.9 Å². The lowest BCUT2D eigenvalue weighted by Gasteiger charge is -1.96. The second-order valence-corrected chi connectivity index (χ2v) is 2.68. The first kappa shape index (κ1) is 8.07. The van der Waals surface area contributed by atoms with Crippen LogP contribution >= 0.6 is 11.6 Å². The lowest BCUT2D eigenvalue weighted by Crippen LogP contribution is -1.91. The van der Waals surface area contributed by atoms with Gasteiger partial charge in [-0.1, -0.05) is 11.6 Å². The van der Waals surface area contributed by atoms with Crippen LogP contribution in [-0.2, 0) is 0 Å². The fourth-order valence-corrected chi connectivity index (χ4v) is 1.01. The highest BCUT2D eigenvalue weighted by molar-refractivity contribution is 6.29. The molecule has 0 aliphatic carbocycles. The van der Waals surface area contributed by atoms with Crippen LogP contribution in [0.15, 0.2) is 30.9 Å². The van der Waals surface area contributed by atoms with E-state index in [4.69, 9.17) is 11.6 Å². The van der Waals surface area contributed by atoms with E-state index in [1.807, 2.05) is 0 Å². The third-order valence-electron chi connectivity index (χ3n) is 1.41. The minimum absolute atomic E-state index is 0.399. The molecule has 5 heteroatoms. The topological polar surface area (TPSA) is 51.6 Å². The molecule has 2 heterocycles. The van der Waals surface area contributed by atoms with Crippen molar-refractivity contribution in [3.8, 4) is 11.5 Å². The summed E-state index contributed by atoms with van der Waals surface area (Å²) < 4.78 is 0. The van der Waals surface area contributed by atoms with Gasteiger partial charge in [-0.05, 0) is 6.07 Å². The summed E-state index contributed by atoms with van der Waals surface area (Å²) in [5.41, 5.74) is 0.616. The molecule has 2 aromatic rings. The molecule has 64 valence electrons. The Bertz CT molecular complexity index is 404. The Kier molecular flexibility index (Phi) is 2.14. The first-order chi connectivity index (χ1) is 6.36. The smallest absolute Gasteiger partial charge is 0.181 e. The van der Waals surface area contributed by atoms with E-state index in [1.165, 1.54) is 0 Å². The quantitative estimate of drug-likeness (QED) is 0.644. The molecule has 0 N–H and O–H groups in total. The van der Waals surface area contributed by atoms with Crippen molar-refractivity contribution in [2.24, 2.45) is 0 Å². The Balaban J connectivity index is 2.48. The molecule has 0 aliphatic heterocycles. The van der Waals surface area contributed by atoms with Crippen LogP contribution in [0, 0.1) is 0 Å². The summed E-state index contributed by atoms with van der Waals surface area (Å²) in [6.07, 6.45) is 6.35. The molecule has 2 aromatic heterocycles. The molecule has 0 radical (unpaired) electrons. The molecular weight excluding hydrogens is 188 g/mol. The van der Waals surface area contributed by atoms with Crippen LogP contribution in [0.3, 0.4) is 0 Å². The predicted octanol–water partition coefficient (Wildman–Crippen LogP) is 1.59. The highest BCUT2D eigenvalue weighted by atomic mass is 35.5. The normalized spacial score (nSPS) is 9.92. The molecule has 0 atom stereocenters. The SMILES string of the molecule is Clc1ccnc(-c2cnccn2)n1. The Morgan fingerprint density at radius 2 is 2.00 bits per heavy atom. The molecule has 2 rings (SSSR count). The Labute approximate surface area is 79.7 Å². The summed E-state index contributed by atoms with van der Waals surface area (Å²) in [7, 11) is 0. The van der Waals surface area contributed by atoms with Gasteiger partial charge in [0.05, 0.1) is 6.20 Å². The molecule has 0 saturated carbocycles. The van der Waals surface area contributed by atoms with Gasteiger partial charge in [0.2, 0.25) is 0 Å². The van der Waals surface area contributed by atoms with Gasteiger partial charge in [0.25, 0.3) is 0 Å². The summed E-state index contributed by atoms with van der Waals surface area (Å²) in [6.45, 7) is 0. The molecular formula is C8H5ClN4. The van der Waals surface area contributed by atoms with E-state index in [0.29, 0.717) is 16.7 Å². The monoisotopic (exact) mass is 192 g/mol. The van der Waals surface area contributed by atoms with Gasteiger partial charge in [-0.25, -0.2) is 15.0 Å². The minimum atomic E-state index is 0.399. The van der Waals surface area contributed by atoms with Crippen molar-refractivity contribution in [3.05, 3.63) is 36.0 Å². The van der Waals surface area contributed by atoms with Crippen molar-refractivity contribution in [3.63, 3.8) is 0 Å². The van der Waals surface area contributed by atoms with Gasteiger partial charge < -0.3 is 0 Å². The molecule has 0 spiro atoms.